The standard InChI is InChI=1S/C60H91Cl2N5O18/c1-16-45-60(11,85-56(73)64-20-17-23-79-44-27-39(18-19-43(44)75-13)53(71)65-47-40(61)30-63-31-41(47)62)37(7)34(4)48(68)32(2)28-59(10,77-15)52(84-55-49(69)42(26-33(3)80-55)66(12)57(74)67-21-24-78-25-22-67)35(5)50(36(6)54(72)82-45)83-46-29-58(9,76-14)51(70)38(8)81-46/h18-19,27,30-38,42,45-46,49-52,55,69-70H,16-17,20-26,28-29H2,1-15H3,(H,64,73)(H,63,65,71)/t32-,33-,34-,35+,36-,37-,38+,42+,45-,46+,49-,50+,51+,52-,55+,58-,59-,60+/m1/s1. The van der Waals surface area contributed by atoms with Crippen molar-refractivity contribution in [1.82, 2.24) is 20.1 Å². The summed E-state index contributed by atoms with van der Waals surface area (Å²) >= 11 is 12.5. The quantitative estimate of drug-likeness (QED) is 0.0872. The summed E-state index contributed by atoms with van der Waals surface area (Å²) in [4.78, 5) is 78.5. The molecule has 6 rings (SSSR count). The zero-order valence-electron chi connectivity index (χ0n) is 51.8. The Hall–Kier alpha value is -4.66. The average molecular weight is 1240 g/mol. The summed E-state index contributed by atoms with van der Waals surface area (Å²) in [5, 5.41) is 29.3. The molecule has 4 saturated heterocycles. The molecule has 4 aliphatic heterocycles. The number of esters is 1. The Bertz CT molecular complexity index is 2580. The molecular weight excluding hydrogens is 1150 g/mol. The van der Waals surface area contributed by atoms with Gasteiger partial charge in [-0.1, -0.05) is 57.8 Å². The lowest BCUT2D eigenvalue weighted by molar-refractivity contribution is -0.319. The molecule has 2 aromatic rings. The molecule has 4 aliphatic rings. The first-order chi connectivity index (χ1) is 40.1. The molecule has 4 fully saturated rings. The number of alkyl carbamates (subject to hydrolysis) is 1. The van der Waals surface area contributed by atoms with Crippen LogP contribution in [-0.2, 0) is 52.2 Å². The van der Waals surface area contributed by atoms with E-state index in [1.807, 2.05) is 13.8 Å². The van der Waals surface area contributed by atoms with Gasteiger partial charge in [0.25, 0.3) is 5.91 Å². The van der Waals surface area contributed by atoms with Crippen LogP contribution in [0.4, 0.5) is 15.3 Å². The van der Waals surface area contributed by atoms with Crippen molar-refractivity contribution in [2.75, 3.05) is 73.1 Å². The zero-order valence-corrected chi connectivity index (χ0v) is 53.4. The highest BCUT2D eigenvalue weighted by Gasteiger charge is 2.55. The number of carbonyl (C=O) groups is 5. The molecule has 478 valence electrons. The Balaban J connectivity index is 1.27. The van der Waals surface area contributed by atoms with E-state index in [0.717, 1.165) is 0 Å². The van der Waals surface area contributed by atoms with Gasteiger partial charge in [0.15, 0.2) is 29.7 Å². The number of carbonyl (C=O) groups excluding carboxylic acids is 5. The highest BCUT2D eigenvalue weighted by atomic mass is 35.5. The summed E-state index contributed by atoms with van der Waals surface area (Å²) in [6.07, 6.45) is -6.77. The number of hydrogen-bond donors (Lipinski definition) is 4. The minimum absolute atomic E-state index is 0.0473. The number of pyridine rings is 1. The molecule has 0 bridgehead atoms. The average Bonchev–Trinajstić information content (AvgIpc) is 3.57. The van der Waals surface area contributed by atoms with E-state index >= 15 is 9.59 Å². The van der Waals surface area contributed by atoms with E-state index in [1.54, 1.807) is 86.4 Å². The van der Waals surface area contributed by atoms with Gasteiger partial charge < -0.3 is 82.8 Å². The number of Topliss-reactive ketones (excluding diaryl/α,β-unsaturated/α-hetero) is 1. The van der Waals surface area contributed by atoms with Crippen LogP contribution in [0, 0.1) is 29.6 Å². The molecule has 1 aromatic carbocycles. The number of aromatic nitrogens is 1. The Morgan fingerprint density at radius 3 is 2.16 bits per heavy atom. The lowest BCUT2D eigenvalue weighted by Crippen LogP contribution is -2.62. The van der Waals surface area contributed by atoms with Crippen molar-refractivity contribution in [1.29, 1.82) is 0 Å². The molecule has 4 amide bonds. The Morgan fingerprint density at radius 2 is 1.54 bits per heavy atom. The van der Waals surface area contributed by atoms with Gasteiger partial charge in [0, 0.05) is 89.0 Å². The molecule has 25 heteroatoms. The Morgan fingerprint density at radius 1 is 0.882 bits per heavy atom. The van der Waals surface area contributed by atoms with Crippen LogP contribution in [0.5, 0.6) is 11.5 Å². The summed E-state index contributed by atoms with van der Waals surface area (Å²) in [6, 6.07) is 3.60. The number of rotatable bonds is 17. The predicted molar refractivity (Wildman–Crippen MR) is 314 cm³/mol. The van der Waals surface area contributed by atoms with E-state index in [9.17, 15) is 24.6 Å². The number of amides is 4. The summed E-state index contributed by atoms with van der Waals surface area (Å²) < 4.78 is 69.0. The van der Waals surface area contributed by atoms with Crippen LogP contribution in [0.25, 0.3) is 0 Å². The number of aliphatic hydroxyl groups is 2. The van der Waals surface area contributed by atoms with Crippen molar-refractivity contribution in [2.45, 2.75) is 186 Å². The molecule has 4 N–H and O–H groups in total. The van der Waals surface area contributed by atoms with Crippen LogP contribution in [0.2, 0.25) is 10.0 Å². The van der Waals surface area contributed by atoms with Crippen LogP contribution in [-0.4, -0.2) is 201 Å². The maximum atomic E-state index is 15.2. The maximum Gasteiger partial charge on any atom is 0.407 e. The summed E-state index contributed by atoms with van der Waals surface area (Å²) in [5.74, 6) is -5.14. The second kappa shape index (κ2) is 30.0. The summed E-state index contributed by atoms with van der Waals surface area (Å²) in [5.41, 5.74) is -3.71. The number of benzene rings is 1. The van der Waals surface area contributed by atoms with Crippen LogP contribution >= 0.6 is 23.2 Å². The second-order valence-corrected chi connectivity index (χ2v) is 24.6. The molecule has 23 nitrogen and oxygen atoms in total. The van der Waals surface area contributed by atoms with Crippen molar-refractivity contribution in [2.24, 2.45) is 29.6 Å². The molecule has 18 atom stereocenters. The summed E-state index contributed by atoms with van der Waals surface area (Å²) in [6.45, 7) is 21.0. The fraction of sp³-hybridized carbons (Fsp3) is 0.733. The van der Waals surface area contributed by atoms with Crippen LogP contribution in [0.1, 0.15) is 119 Å². The van der Waals surface area contributed by atoms with Crippen LogP contribution in [0.3, 0.4) is 0 Å². The highest BCUT2D eigenvalue weighted by molar-refractivity contribution is 6.39. The lowest BCUT2D eigenvalue weighted by atomic mass is 9.71. The van der Waals surface area contributed by atoms with E-state index in [1.165, 1.54) is 44.7 Å². The number of ether oxygens (including phenoxy) is 11. The number of halogens is 2. The van der Waals surface area contributed by atoms with E-state index < -0.39 is 126 Å². The molecule has 0 spiro atoms. The minimum atomic E-state index is -1.61. The van der Waals surface area contributed by atoms with Gasteiger partial charge in [0.2, 0.25) is 0 Å². The first-order valence-electron chi connectivity index (χ1n) is 29.4. The number of morpholine rings is 1. The number of ketones is 1. The first kappa shape index (κ1) is 69.4. The summed E-state index contributed by atoms with van der Waals surface area (Å²) in [7, 11) is 6.08. The lowest BCUT2D eigenvalue weighted by Gasteiger charge is -2.50. The number of methoxy groups -OCH3 is 3. The number of aliphatic hydroxyl groups excluding tert-OH is 2. The number of cyclic esters (lactones) is 1. The second-order valence-electron chi connectivity index (χ2n) is 23.8. The van der Waals surface area contributed by atoms with Gasteiger partial charge in [-0.3, -0.25) is 19.4 Å². The van der Waals surface area contributed by atoms with E-state index in [-0.39, 0.29) is 77.7 Å². The molecule has 1 aromatic heterocycles. The van der Waals surface area contributed by atoms with E-state index in [0.29, 0.717) is 38.5 Å². The molecule has 0 saturated carbocycles. The van der Waals surface area contributed by atoms with Gasteiger partial charge in [-0.2, -0.15) is 0 Å². The van der Waals surface area contributed by atoms with Crippen LogP contribution in [0.15, 0.2) is 30.6 Å². The number of urea groups is 1. The maximum absolute atomic E-state index is 15.2. The van der Waals surface area contributed by atoms with Crippen molar-refractivity contribution >= 4 is 58.7 Å². The van der Waals surface area contributed by atoms with Crippen molar-refractivity contribution in [3.05, 3.63) is 46.2 Å². The monoisotopic (exact) mass is 1240 g/mol. The van der Waals surface area contributed by atoms with E-state index in [2.05, 4.69) is 15.6 Å². The van der Waals surface area contributed by atoms with Crippen LogP contribution < -0.4 is 20.1 Å². The Labute approximate surface area is 509 Å². The minimum Gasteiger partial charge on any atom is -0.493 e. The van der Waals surface area contributed by atoms with Crippen molar-refractivity contribution in [3.8, 4) is 11.5 Å². The number of likely N-dealkylation sites (N-methyl/N-ethyl adjacent to an activating group) is 1. The van der Waals surface area contributed by atoms with Gasteiger partial charge in [-0.15, -0.1) is 0 Å². The van der Waals surface area contributed by atoms with Crippen molar-refractivity contribution < 1.29 is 86.3 Å². The third kappa shape index (κ3) is 16.2. The molecule has 0 unspecified atom stereocenters. The van der Waals surface area contributed by atoms with Gasteiger partial charge in [-0.25, -0.2) is 9.59 Å². The first-order valence-corrected chi connectivity index (χ1v) is 30.1. The normalized spacial score (nSPS) is 35.2. The number of nitrogens with one attached hydrogen (secondary N) is 2. The highest BCUT2D eigenvalue weighted by Crippen LogP contribution is 2.44. The van der Waals surface area contributed by atoms with Gasteiger partial charge in [0.05, 0.1) is 90.2 Å². The number of nitrogens with zero attached hydrogens (tertiary/aromatic N) is 3. The molecule has 85 heavy (non-hydrogen) atoms. The largest absolute Gasteiger partial charge is 0.493 e. The van der Waals surface area contributed by atoms with Gasteiger partial charge in [0.1, 0.15) is 24.1 Å². The Kier molecular flexibility index (Phi) is 24.5. The van der Waals surface area contributed by atoms with Gasteiger partial charge in [-0.05, 0) is 85.4 Å². The fourth-order valence-electron chi connectivity index (χ4n) is 12.2. The van der Waals surface area contributed by atoms with Crippen molar-refractivity contribution in [3.63, 3.8) is 0 Å². The fourth-order valence-corrected chi connectivity index (χ4v) is 12.7. The smallest absolute Gasteiger partial charge is 0.407 e. The van der Waals surface area contributed by atoms with E-state index in [4.69, 9.17) is 75.3 Å². The molecule has 0 radical (unpaired) electrons. The number of hydrogen-bond acceptors (Lipinski definition) is 19. The SMILES string of the molecule is CC[C@H]1OC(=O)[C@H](C)[C@@H](O[C@H]2C[C@@](C)(OC)[C@@H](O)[C@H](C)O2)[C@H](C)[C@@H](O[C@@H]2O[C@H](C)C[C@H](N(C)C(=O)N3CCOCC3)[C@H]2O)[C@](C)(OC)C[C@@H](C)C(=O)[C@H](C)[C@@H](C)[C@]1(C)OC(=O)NCCCOc1cc(C(=O)Nc2c(Cl)cncc2Cl)ccc1OC. The number of anilines is 1. The predicted octanol–water partition coefficient (Wildman–Crippen LogP) is 7.70. The topological polar surface area (TPSA) is 271 Å². The molecular formula is C60H91Cl2N5O18. The van der Waals surface area contributed by atoms with Gasteiger partial charge >= 0.3 is 18.1 Å². The zero-order chi connectivity index (χ0) is 62.9. The molecule has 5 heterocycles. The molecule has 0 aliphatic carbocycles. The third-order valence-electron chi connectivity index (χ3n) is 17.9. The third-order valence-corrected chi connectivity index (χ3v) is 18.5.